The van der Waals surface area contributed by atoms with Crippen molar-refractivity contribution in [1.29, 1.82) is 0 Å². The molecular formula is C10H13BrO2. The molecule has 0 aliphatic carbocycles. The van der Waals surface area contributed by atoms with Crippen molar-refractivity contribution >= 4 is 15.9 Å². The highest BCUT2D eigenvalue weighted by atomic mass is 79.9. The Bertz CT molecular complexity index is 297. The summed E-state index contributed by atoms with van der Waals surface area (Å²) in [5.74, 6) is 1.74. The number of aryl methyl sites for hydroxylation is 1. The van der Waals surface area contributed by atoms with Gasteiger partial charge in [-0.25, -0.2) is 0 Å². The van der Waals surface area contributed by atoms with E-state index in [1.165, 1.54) is 0 Å². The van der Waals surface area contributed by atoms with Gasteiger partial charge in [-0.1, -0.05) is 6.92 Å². The van der Waals surface area contributed by atoms with Gasteiger partial charge in [0.2, 0.25) is 0 Å². The predicted molar refractivity (Wildman–Crippen MR) is 56.6 cm³/mol. The molecule has 0 aliphatic rings. The fourth-order valence-corrected chi connectivity index (χ4v) is 1.87. The molecule has 0 N–H and O–H groups in total. The maximum Gasteiger partial charge on any atom is 0.136 e. The van der Waals surface area contributed by atoms with Crippen LogP contribution < -0.4 is 9.47 Å². The van der Waals surface area contributed by atoms with Crippen molar-refractivity contribution < 1.29 is 9.47 Å². The molecule has 1 aromatic carbocycles. The van der Waals surface area contributed by atoms with E-state index in [-0.39, 0.29) is 0 Å². The Kier molecular flexibility index (Phi) is 3.60. The summed E-state index contributed by atoms with van der Waals surface area (Å²) in [4.78, 5) is 0. The van der Waals surface area contributed by atoms with Gasteiger partial charge in [0, 0.05) is 0 Å². The molecule has 0 heterocycles. The number of methoxy groups -OCH3 is 2. The highest BCUT2D eigenvalue weighted by Crippen LogP contribution is 2.33. The van der Waals surface area contributed by atoms with E-state index in [4.69, 9.17) is 9.47 Å². The molecule has 2 nitrogen and oxygen atoms in total. The molecule has 1 aromatic rings. The third-order valence-corrected chi connectivity index (χ3v) is 2.50. The molecule has 0 bridgehead atoms. The molecule has 0 aliphatic heterocycles. The van der Waals surface area contributed by atoms with E-state index < -0.39 is 0 Å². The monoisotopic (exact) mass is 244 g/mol. The summed E-state index contributed by atoms with van der Waals surface area (Å²) in [7, 11) is 3.33. The van der Waals surface area contributed by atoms with E-state index in [9.17, 15) is 0 Å². The highest BCUT2D eigenvalue weighted by molar-refractivity contribution is 9.10. The van der Waals surface area contributed by atoms with Crippen molar-refractivity contribution in [3.8, 4) is 11.5 Å². The first-order valence-corrected chi connectivity index (χ1v) is 4.92. The second-order valence-electron chi connectivity index (χ2n) is 2.66. The Labute approximate surface area is 87.0 Å². The highest BCUT2D eigenvalue weighted by Gasteiger charge is 2.08. The summed E-state index contributed by atoms with van der Waals surface area (Å²) in [6.07, 6.45) is 0.930. The Morgan fingerprint density at radius 2 is 1.92 bits per heavy atom. The third kappa shape index (κ3) is 2.15. The van der Waals surface area contributed by atoms with Crippen molar-refractivity contribution in [2.45, 2.75) is 13.3 Å². The minimum Gasteiger partial charge on any atom is -0.497 e. The number of ether oxygens (including phenoxy) is 2. The van der Waals surface area contributed by atoms with Gasteiger partial charge in [-0.15, -0.1) is 0 Å². The molecule has 0 unspecified atom stereocenters. The number of hydrogen-bond acceptors (Lipinski definition) is 2. The third-order valence-electron chi connectivity index (χ3n) is 1.91. The molecule has 0 spiro atoms. The maximum atomic E-state index is 5.26. The maximum absolute atomic E-state index is 5.26. The molecule has 0 fully saturated rings. The van der Waals surface area contributed by atoms with Crippen molar-refractivity contribution in [2.24, 2.45) is 0 Å². The van der Waals surface area contributed by atoms with Crippen LogP contribution in [0.4, 0.5) is 0 Å². The van der Waals surface area contributed by atoms with Crippen LogP contribution in [0.25, 0.3) is 0 Å². The Hall–Kier alpha value is -0.700. The van der Waals surface area contributed by atoms with Gasteiger partial charge in [-0.2, -0.15) is 0 Å². The smallest absolute Gasteiger partial charge is 0.136 e. The van der Waals surface area contributed by atoms with Crippen molar-refractivity contribution in [2.75, 3.05) is 14.2 Å². The second kappa shape index (κ2) is 4.51. The zero-order valence-electron chi connectivity index (χ0n) is 8.06. The zero-order valence-corrected chi connectivity index (χ0v) is 9.64. The van der Waals surface area contributed by atoms with Crippen LogP contribution in [-0.4, -0.2) is 14.2 Å². The minimum absolute atomic E-state index is 0.851. The van der Waals surface area contributed by atoms with Crippen LogP contribution in [0.2, 0.25) is 0 Å². The lowest BCUT2D eigenvalue weighted by Crippen LogP contribution is -1.93. The molecule has 0 saturated carbocycles. The SMILES string of the molecule is CCc1cc(OC)cc(Br)c1OC. The lowest BCUT2D eigenvalue weighted by Gasteiger charge is -2.10. The molecule has 0 radical (unpaired) electrons. The summed E-state index contributed by atoms with van der Waals surface area (Å²) < 4.78 is 11.4. The van der Waals surface area contributed by atoms with Crippen LogP contribution in [0.5, 0.6) is 11.5 Å². The fourth-order valence-electron chi connectivity index (χ4n) is 1.23. The molecule has 0 aromatic heterocycles. The second-order valence-corrected chi connectivity index (χ2v) is 3.51. The molecular weight excluding hydrogens is 232 g/mol. The van der Waals surface area contributed by atoms with Gasteiger partial charge in [0.15, 0.2) is 0 Å². The van der Waals surface area contributed by atoms with Crippen LogP contribution in [0.1, 0.15) is 12.5 Å². The van der Waals surface area contributed by atoms with Crippen LogP contribution in [0.15, 0.2) is 16.6 Å². The van der Waals surface area contributed by atoms with E-state index >= 15 is 0 Å². The van der Waals surface area contributed by atoms with Gasteiger partial charge >= 0.3 is 0 Å². The summed E-state index contributed by atoms with van der Waals surface area (Å²) in [6.45, 7) is 2.09. The van der Waals surface area contributed by atoms with Gasteiger partial charge in [0.1, 0.15) is 11.5 Å². The summed E-state index contributed by atoms with van der Waals surface area (Å²) >= 11 is 3.43. The molecule has 72 valence electrons. The van der Waals surface area contributed by atoms with E-state index in [2.05, 4.69) is 22.9 Å². The quantitative estimate of drug-likeness (QED) is 0.814. The van der Waals surface area contributed by atoms with Crippen LogP contribution in [0, 0.1) is 0 Å². The summed E-state index contributed by atoms with van der Waals surface area (Å²) in [5.41, 5.74) is 1.15. The molecule has 0 saturated heterocycles. The first kappa shape index (κ1) is 10.4. The van der Waals surface area contributed by atoms with Gasteiger partial charge in [0.25, 0.3) is 0 Å². The van der Waals surface area contributed by atoms with Crippen molar-refractivity contribution in [1.82, 2.24) is 0 Å². The summed E-state index contributed by atoms with van der Waals surface area (Å²) in [6, 6.07) is 3.89. The van der Waals surface area contributed by atoms with Crippen LogP contribution >= 0.6 is 15.9 Å². The van der Waals surface area contributed by atoms with Gasteiger partial charge in [0.05, 0.1) is 18.7 Å². The first-order chi connectivity index (χ1) is 6.22. The first-order valence-electron chi connectivity index (χ1n) is 4.13. The topological polar surface area (TPSA) is 18.5 Å². The number of halogens is 1. The van der Waals surface area contributed by atoms with Gasteiger partial charge in [-0.3, -0.25) is 0 Å². The Morgan fingerprint density at radius 1 is 1.23 bits per heavy atom. The zero-order chi connectivity index (χ0) is 9.84. The average molecular weight is 245 g/mol. The largest absolute Gasteiger partial charge is 0.497 e. The molecule has 0 amide bonds. The van der Waals surface area contributed by atoms with Crippen molar-refractivity contribution in [3.05, 3.63) is 22.2 Å². The van der Waals surface area contributed by atoms with E-state index in [0.29, 0.717) is 0 Å². The Morgan fingerprint density at radius 3 is 2.38 bits per heavy atom. The number of hydrogen-bond donors (Lipinski definition) is 0. The lowest BCUT2D eigenvalue weighted by molar-refractivity contribution is 0.396. The standard InChI is InChI=1S/C10H13BrO2/c1-4-7-5-8(12-2)6-9(11)10(7)13-3/h5-6H,4H2,1-3H3. The summed E-state index contributed by atoms with van der Waals surface area (Å²) in [5, 5.41) is 0. The Balaban J connectivity index is 3.20. The van der Waals surface area contributed by atoms with Crippen LogP contribution in [-0.2, 0) is 6.42 Å². The molecule has 1 rings (SSSR count). The molecule has 3 heteroatoms. The van der Waals surface area contributed by atoms with E-state index in [1.54, 1.807) is 14.2 Å². The van der Waals surface area contributed by atoms with Crippen LogP contribution in [0.3, 0.4) is 0 Å². The minimum atomic E-state index is 0.851. The molecule has 13 heavy (non-hydrogen) atoms. The lowest BCUT2D eigenvalue weighted by atomic mass is 10.1. The van der Waals surface area contributed by atoms with E-state index in [0.717, 1.165) is 28.0 Å². The van der Waals surface area contributed by atoms with Gasteiger partial charge < -0.3 is 9.47 Å². The fraction of sp³-hybridized carbons (Fsp3) is 0.400. The predicted octanol–water partition coefficient (Wildman–Crippen LogP) is 3.03. The number of benzene rings is 1. The van der Waals surface area contributed by atoms with Gasteiger partial charge in [-0.05, 0) is 40.0 Å². The number of rotatable bonds is 3. The molecule has 0 atom stereocenters. The van der Waals surface area contributed by atoms with Crippen molar-refractivity contribution in [3.63, 3.8) is 0 Å². The average Bonchev–Trinajstić information content (AvgIpc) is 2.16. The normalized spacial score (nSPS) is 9.85. The van der Waals surface area contributed by atoms with E-state index in [1.807, 2.05) is 12.1 Å².